The number of esters is 1. The van der Waals surface area contributed by atoms with Crippen LogP contribution in [0, 0.1) is 0 Å². The largest absolute Gasteiger partial charge is 0.466 e. The van der Waals surface area contributed by atoms with Gasteiger partial charge in [-0.05, 0) is 26.2 Å². The normalized spacial score (nSPS) is 20.4. The van der Waals surface area contributed by atoms with Crippen LogP contribution in [0.2, 0.25) is 0 Å². The molecule has 0 spiro atoms. The minimum Gasteiger partial charge on any atom is -0.466 e. The predicted molar refractivity (Wildman–Crippen MR) is 51.6 cm³/mol. The van der Waals surface area contributed by atoms with Crippen molar-refractivity contribution < 1.29 is 14.3 Å². The van der Waals surface area contributed by atoms with E-state index in [0.29, 0.717) is 12.7 Å². The van der Waals surface area contributed by atoms with E-state index >= 15 is 0 Å². The van der Waals surface area contributed by atoms with Gasteiger partial charge in [-0.15, -0.1) is 0 Å². The molecule has 1 rings (SSSR count). The number of rotatable bonds is 2. The second kappa shape index (κ2) is 8.05. The minimum atomic E-state index is -0.211. The molecular weight excluding hydrogens is 168 g/mol. The summed E-state index contributed by atoms with van der Waals surface area (Å²) >= 11 is 0. The first-order valence-corrected chi connectivity index (χ1v) is 4.95. The summed E-state index contributed by atoms with van der Waals surface area (Å²) in [4.78, 5) is 9.82. The Labute approximate surface area is 80.4 Å². The van der Waals surface area contributed by atoms with Crippen LogP contribution in [0.25, 0.3) is 0 Å². The lowest BCUT2D eigenvalue weighted by atomic mass is 10.2. The molecule has 0 saturated carbocycles. The fourth-order valence-electron chi connectivity index (χ4n) is 1.17. The third-order valence-corrected chi connectivity index (χ3v) is 1.83. The molecule has 0 aromatic rings. The van der Waals surface area contributed by atoms with Crippen molar-refractivity contribution in [3.63, 3.8) is 0 Å². The van der Waals surface area contributed by atoms with Crippen molar-refractivity contribution in [3.8, 4) is 0 Å². The van der Waals surface area contributed by atoms with Crippen molar-refractivity contribution in [2.75, 3.05) is 13.2 Å². The van der Waals surface area contributed by atoms with Crippen LogP contribution in [0.4, 0.5) is 0 Å². The van der Waals surface area contributed by atoms with Gasteiger partial charge in [-0.25, -0.2) is 0 Å². The summed E-state index contributed by atoms with van der Waals surface area (Å²) in [6.45, 7) is 6.83. The van der Waals surface area contributed by atoms with E-state index in [9.17, 15) is 4.79 Å². The summed E-state index contributed by atoms with van der Waals surface area (Å²) in [5.74, 6) is -0.211. The zero-order valence-electron chi connectivity index (χ0n) is 8.84. The van der Waals surface area contributed by atoms with Crippen molar-refractivity contribution in [2.24, 2.45) is 0 Å². The van der Waals surface area contributed by atoms with Crippen LogP contribution < -0.4 is 0 Å². The molecule has 0 bridgehead atoms. The molecule has 0 aliphatic carbocycles. The lowest BCUT2D eigenvalue weighted by molar-refractivity contribution is -0.140. The number of ether oxygens (including phenoxy) is 2. The minimum absolute atomic E-state index is 0.211. The quantitative estimate of drug-likeness (QED) is 0.623. The first-order valence-electron chi connectivity index (χ1n) is 4.95. The third-order valence-electron chi connectivity index (χ3n) is 1.83. The monoisotopic (exact) mass is 188 g/mol. The smallest absolute Gasteiger partial charge is 0.302 e. The Morgan fingerprint density at radius 3 is 2.38 bits per heavy atom. The van der Waals surface area contributed by atoms with E-state index in [1.807, 2.05) is 0 Å². The highest BCUT2D eigenvalue weighted by Gasteiger charge is 2.11. The van der Waals surface area contributed by atoms with Gasteiger partial charge in [-0.2, -0.15) is 0 Å². The standard InChI is InChI=1S/C6H12O.C4H8O2/c1-2-6-4-3-5-7-6;1-3-6-4(2)5/h6H,2-5H2,1H3;3H2,1-2H3. The average molecular weight is 188 g/mol. The topological polar surface area (TPSA) is 35.5 Å². The van der Waals surface area contributed by atoms with Crippen LogP contribution in [0.5, 0.6) is 0 Å². The van der Waals surface area contributed by atoms with Crippen molar-refractivity contribution in [1.29, 1.82) is 0 Å². The van der Waals surface area contributed by atoms with E-state index in [2.05, 4.69) is 11.7 Å². The SMILES string of the molecule is CCC1CCCO1.CCOC(C)=O. The van der Waals surface area contributed by atoms with Crippen LogP contribution in [-0.2, 0) is 14.3 Å². The molecule has 13 heavy (non-hydrogen) atoms. The Kier molecular flexibility index (Phi) is 7.69. The molecule has 1 aliphatic rings. The molecule has 1 fully saturated rings. The number of carbonyl (C=O) groups is 1. The molecule has 1 unspecified atom stereocenters. The molecule has 0 aromatic carbocycles. The highest BCUT2D eigenvalue weighted by Crippen LogP contribution is 2.13. The van der Waals surface area contributed by atoms with Crippen LogP contribution in [-0.4, -0.2) is 25.3 Å². The molecule has 1 saturated heterocycles. The van der Waals surface area contributed by atoms with Gasteiger partial charge < -0.3 is 9.47 Å². The molecule has 0 amide bonds. The van der Waals surface area contributed by atoms with Gasteiger partial charge in [0.15, 0.2) is 0 Å². The summed E-state index contributed by atoms with van der Waals surface area (Å²) in [6, 6.07) is 0. The van der Waals surface area contributed by atoms with E-state index in [0.717, 1.165) is 6.61 Å². The Balaban J connectivity index is 0.000000226. The molecule has 1 heterocycles. The summed E-state index contributed by atoms with van der Waals surface area (Å²) < 4.78 is 9.70. The van der Waals surface area contributed by atoms with E-state index in [1.165, 1.54) is 26.2 Å². The maximum absolute atomic E-state index is 9.82. The van der Waals surface area contributed by atoms with E-state index < -0.39 is 0 Å². The van der Waals surface area contributed by atoms with Gasteiger partial charge in [0.25, 0.3) is 0 Å². The second-order valence-electron chi connectivity index (χ2n) is 2.97. The zero-order chi connectivity index (χ0) is 10.1. The van der Waals surface area contributed by atoms with Gasteiger partial charge in [-0.3, -0.25) is 4.79 Å². The van der Waals surface area contributed by atoms with Gasteiger partial charge in [0.1, 0.15) is 0 Å². The maximum atomic E-state index is 9.82. The van der Waals surface area contributed by atoms with Gasteiger partial charge in [0, 0.05) is 13.5 Å². The second-order valence-corrected chi connectivity index (χ2v) is 2.97. The number of carbonyl (C=O) groups excluding carboxylic acids is 1. The fraction of sp³-hybridized carbons (Fsp3) is 0.900. The Hall–Kier alpha value is -0.570. The summed E-state index contributed by atoms with van der Waals surface area (Å²) in [6.07, 6.45) is 4.36. The number of hydrogen-bond donors (Lipinski definition) is 0. The third kappa shape index (κ3) is 7.78. The van der Waals surface area contributed by atoms with Crippen LogP contribution in [0.3, 0.4) is 0 Å². The van der Waals surface area contributed by atoms with Gasteiger partial charge in [-0.1, -0.05) is 6.92 Å². The first kappa shape index (κ1) is 12.4. The van der Waals surface area contributed by atoms with Crippen molar-refractivity contribution in [2.45, 2.75) is 46.1 Å². The molecule has 3 heteroatoms. The Morgan fingerprint density at radius 2 is 2.23 bits per heavy atom. The zero-order valence-corrected chi connectivity index (χ0v) is 8.84. The van der Waals surface area contributed by atoms with Crippen LogP contribution >= 0.6 is 0 Å². The van der Waals surface area contributed by atoms with Gasteiger partial charge >= 0.3 is 5.97 Å². The van der Waals surface area contributed by atoms with Crippen molar-refractivity contribution >= 4 is 5.97 Å². The van der Waals surface area contributed by atoms with Crippen LogP contribution in [0.15, 0.2) is 0 Å². The van der Waals surface area contributed by atoms with Crippen molar-refractivity contribution in [1.82, 2.24) is 0 Å². The molecule has 1 atom stereocenters. The molecule has 0 aromatic heterocycles. The molecule has 0 radical (unpaired) electrons. The van der Waals surface area contributed by atoms with E-state index in [-0.39, 0.29) is 5.97 Å². The summed E-state index contributed by atoms with van der Waals surface area (Å²) in [7, 11) is 0. The lowest BCUT2D eigenvalue weighted by Crippen LogP contribution is -2.00. The van der Waals surface area contributed by atoms with Crippen molar-refractivity contribution in [3.05, 3.63) is 0 Å². The first-order chi connectivity index (χ1) is 6.20. The summed E-state index contributed by atoms with van der Waals surface area (Å²) in [5, 5.41) is 0. The highest BCUT2D eigenvalue weighted by molar-refractivity contribution is 5.65. The molecule has 0 N–H and O–H groups in total. The maximum Gasteiger partial charge on any atom is 0.302 e. The average Bonchev–Trinajstić information content (AvgIpc) is 2.56. The fourth-order valence-corrected chi connectivity index (χ4v) is 1.17. The molecule has 78 valence electrons. The highest BCUT2D eigenvalue weighted by atomic mass is 16.5. The Bertz CT molecular complexity index is 128. The summed E-state index contributed by atoms with van der Waals surface area (Å²) in [5.41, 5.74) is 0. The lowest BCUT2D eigenvalue weighted by Gasteiger charge is -2.01. The Morgan fingerprint density at radius 1 is 1.54 bits per heavy atom. The van der Waals surface area contributed by atoms with Crippen LogP contribution in [0.1, 0.15) is 40.0 Å². The molecule has 1 aliphatic heterocycles. The van der Waals surface area contributed by atoms with E-state index in [4.69, 9.17) is 4.74 Å². The number of hydrogen-bond acceptors (Lipinski definition) is 3. The van der Waals surface area contributed by atoms with Gasteiger partial charge in [0.05, 0.1) is 12.7 Å². The van der Waals surface area contributed by atoms with Gasteiger partial charge in [0.2, 0.25) is 0 Å². The predicted octanol–water partition coefficient (Wildman–Crippen LogP) is 2.14. The molecule has 3 nitrogen and oxygen atoms in total. The van der Waals surface area contributed by atoms with E-state index in [1.54, 1.807) is 6.92 Å². The molecular formula is C10H20O3.